The van der Waals surface area contributed by atoms with Gasteiger partial charge in [-0.15, -0.1) is 0 Å². The van der Waals surface area contributed by atoms with E-state index in [0.717, 1.165) is 0 Å². The Labute approximate surface area is 103 Å². The molecule has 0 atom stereocenters. The fourth-order valence-electron chi connectivity index (χ4n) is 1.47. The monoisotopic (exact) mass is 242 g/mol. The standard InChI is InChI=1S/C14H10O4/c15-9-10-5-4-8-12(13(10)16)14(17)18-11-6-2-1-3-7-11/h1-9,16H. The van der Waals surface area contributed by atoms with Crippen molar-refractivity contribution in [2.75, 3.05) is 0 Å². The second-order valence-corrected chi connectivity index (χ2v) is 3.56. The fraction of sp³-hybridized carbons (Fsp3) is 0. The predicted octanol–water partition coefficient (Wildman–Crippen LogP) is 2.42. The molecule has 0 saturated heterocycles. The summed E-state index contributed by atoms with van der Waals surface area (Å²) >= 11 is 0. The van der Waals surface area contributed by atoms with Gasteiger partial charge in [0.05, 0.1) is 5.56 Å². The minimum Gasteiger partial charge on any atom is -0.506 e. The topological polar surface area (TPSA) is 63.6 Å². The van der Waals surface area contributed by atoms with Gasteiger partial charge in [-0.25, -0.2) is 4.79 Å². The van der Waals surface area contributed by atoms with Gasteiger partial charge in [-0.05, 0) is 24.3 Å². The molecule has 0 fully saturated rings. The maximum absolute atomic E-state index is 11.8. The van der Waals surface area contributed by atoms with Gasteiger partial charge in [0.25, 0.3) is 0 Å². The van der Waals surface area contributed by atoms with Crippen molar-refractivity contribution >= 4 is 12.3 Å². The van der Waals surface area contributed by atoms with E-state index in [4.69, 9.17) is 4.74 Å². The van der Waals surface area contributed by atoms with E-state index in [1.807, 2.05) is 0 Å². The van der Waals surface area contributed by atoms with Gasteiger partial charge in [0.15, 0.2) is 6.29 Å². The molecule has 0 saturated carbocycles. The van der Waals surface area contributed by atoms with Crippen molar-refractivity contribution in [3.05, 3.63) is 59.7 Å². The summed E-state index contributed by atoms with van der Waals surface area (Å²) in [5, 5.41) is 9.71. The molecule has 0 aliphatic heterocycles. The summed E-state index contributed by atoms with van der Waals surface area (Å²) in [4.78, 5) is 22.5. The SMILES string of the molecule is O=Cc1cccc(C(=O)Oc2ccccc2)c1O. The van der Waals surface area contributed by atoms with E-state index < -0.39 is 5.97 Å². The number of hydrogen-bond acceptors (Lipinski definition) is 4. The van der Waals surface area contributed by atoms with Gasteiger partial charge in [0.2, 0.25) is 0 Å². The lowest BCUT2D eigenvalue weighted by Crippen LogP contribution is -2.09. The van der Waals surface area contributed by atoms with Crippen LogP contribution in [0.5, 0.6) is 11.5 Å². The number of phenols is 1. The molecular formula is C14H10O4. The van der Waals surface area contributed by atoms with Crippen LogP contribution in [0.1, 0.15) is 20.7 Å². The van der Waals surface area contributed by atoms with Crippen LogP contribution in [0.25, 0.3) is 0 Å². The molecule has 0 aromatic heterocycles. The van der Waals surface area contributed by atoms with Gasteiger partial charge >= 0.3 is 5.97 Å². The number of carbonyl (C=O) groups excluding carboxylic acids is 2. The lowest BCUT2D eigenvalue weighted by molar-refractivity contribution is 0.0731. The summed E-state index contributed by atoms with van der Waals surface area (Å²) in [6.07, 6.45) is 0.481. The van der Waals surface area contributed by atoms with Crippen molar-refractivity contribution in [2.24, 2.45) is 0 Å². The number of hydrogen-bond donors (Lipinski definition) is 1. The predicted molar refractivity (Wildman–Crippen MR) is 64.9 cm³/mol. The van der Waals surface area contributed by atoms with Crippen LogP contribution in [0.15, 0.2) is 48.5 Å². The molecule has 0 spiro atoms. The lowest BCUT2D eigenvalue weighted by atomic mass is 10.1. The largest absolute Gasteiger partial charge is 0.506 e. The second kappa shape index (κ2) is 5.14. The van der Waals surface area contributed by atoms with Gasteiger partial charge in [-0.2, -0.15) is 0 Å². The Morgan fingerprint density at radius 1 is 1.06 bits per heavy atom. The van der Waals surface area contributed by atoms with E-state index in [1.54, 1.807) is 30.3 Å². The van der Waals surface area contributed by atoms with Crippen LogP contribution in [-0.4, -0.2) is 17.4 Å². The normalized spacial score (nSPS) is 9.78. The highest BCUT2D eigenvalue weighted by Gasteiger charge is 2.15. The number of aromatic hydroxyl groups is 1. The zero-order valence-corrected chi connectivity index (χ0v) is 9.37. The van der Waals surface area contributed by atoms with Crippen LogP contribution in [-0.2, 0) is 0 Å². The smallest absolute Gasteiger partial charge is 0.347 e. The maximum atomic E-state index is 11.8. The molecule has 4 heteroatoms. The molecule has 18 heavy (non-hydrogen) atoms. The number of esters is 1. The van der Waals surface area contributed by atoms with Gasteiger partial charge in [-0.1, -0.05) is 24.3 Å². The van der Waals surface area contributed by atoms with Gasteiger partial charge in [0.1, 0.15) is 17.1 Å². The molecule has 0 bridgehead atoms. The van der Waals surface area contributed by atoms with E-state index in [9.17, 15) is 14.7 Å². The Bertz CT molecular complexity index is 576. The molecule has 0 heterocycles. The number of rotatable bonds is 3. The number of aldehydes is 1. The maximum Gasteiger partial charge on any atom is 0.347 e. The summed E-state index contributed by atoms with van der Waals surface area (Å²) in [5.74, 6) is -0.700. The average Bonchev–Trinajstić information content (AvgIpc) is 2.40. The number of ether oxygens (including phenoxy) is 1. The Kier molecular flexibility index (Phi) is 3.38. The van der Waals surface area contributed by atoms with Crippen molar-refractivity contribution in [3.8, 4) is 11.5 Å². The number of carbonyl (C=O) groups is 2. The number of phenolic OH excluding ortho intramolecular Hbond substituents is 1. The average molecular weight is 242 g/mol. The minimum atomic E-state index is -0.706. The van der Waals surface area contributed by atoms with E-state index in [1.165, 1.54) is 18.2 Å². The van der Waals surface area contributed by atoms with Crippen LogP contribution < -0.4 is 4.74 Å². The van der Waals surface area contributed by atoms with E-state index >= 15 is 0 Å². The van der Waals surface area contributed by atoms with Gasteiger partial charge < -0.3 is 9.84 Å². The minimum absolute atomic E-state index is 0.0385. The third kappa shape index (κ3) is 2.38. The van der Waals surface area contributed by atoms with E-state index in [2.05, 4.69) is 0 Å². The summed E-state index contributed by atoms with van der Waals surface area (Å²) in [6.45, 7) is 0. The Morgan fingerprint density at radius 3 is 2.44 bits per heavy atom. The quantitative estimate of drug-likeness (QED) is 0.510. The molecule has 0 unspecified atom stereocenters. The van der Waals surface area contributed by atoms with Crippen molar-refractivity contribution in [1.29, 1.82) is 0 Å². The fourth-order valence-corrected chi connectivity index (χ4v) is 1.47. The summed E-state index contributed by atoms with van der Waals surface area (Å²) in [7, 11) is 0. The summed E-state index contributed by atoms with van der Waals surface area (Å²) in [5.41, 5.74) is 0.0148. The Balaban J connectivity index is 2.27. The zero-order chi connectivity index (χ0) is 13.0. The van der Waals surface area contributed by atoms with Crippen molar-refractivity contribution in [1.82, 2.24) is 0 Å². The molecule has 2 rings (SSSR count). The van der Waals surface area contributed by atoms with Crippen molar-refractivity contribution < 1.29 is 19.4 Å². The molecule has 0 aliphatic carbocycles. The highest BCUT2D eigenvalue weighted by atomic mass is 16.5. The highest BCUT2D eigenvalue weighted by Crippen LogP contribution is 2.22. The first kappa shape index (κ1) is 11.9. The van der Waals surface area contributed by atoms with Crippen LogP contribution in [0, 0.1) is 0 Å². The molecular weight excluding hydrogens is 232 g/mol. The second-order valence-electron chi connectivity index (χ2n) is 3.56. The third-order valence-corrected chi connectivity index (χ3v) is 2.37. The Hall–Kier alpha value is -2.62. The highest BCUT2D eigenvalue weighted by molar-refractivity contribution is 5.97. The van der Waals surface area contributed by atoms with Crippen LogP contribution >= 0.6 is 0 Å². The molecule has 2 aromatic rings. The molecule has 0 amide bonds. The van der Waals surface area contributed by atoms with Crippen molar-refractivity contribution in [2.45, 2.75) is 0 Å². The first-order valence-corrected chi connectivity index (χ1v) is 5.27. The molecule has 0 radical (unpaired) electrons. The summed E-state index contributed by atoms with van der Waals surface area (Å²) in [6, 6.07) is 12.8. The molecule has 0 aliphatic rings. The molecule has 4 nitrogen and oxygen atoms in total. The Morgan fingerprint density at radius 2 is 1.78 bits per heavy atom. The third-order valence-electron chi connectivity index (χ3n) is 2.37. The number of benzene rings is 2. The van der Waals surface area contributed by atoms with Crippen molar-refractivity contribution in [3.63, 3.8) is 0 Å². The summed E-state index contributed by atoms with van der Waals surface area (Å²) < 4.78 is 5.07. The van der Waals surface area contributed by atoms with Gasteiger partial charge in [0, 0.05) is 0 Å². The molecule has 1 N–H and O–H groups in total. The molecule has 90 valence electrons. The first-order chi connectivity index (χ1) is 8.72. The van der Waals surface area contributed by atoms with Crippen LogP contribution in [0.3, 0.4) is 0 Å². The molecule has 2 aromatic carbocycles. The lowest BCUT2D eigenvalue weighted by Gasteiger charge is -2.06. The number of para-hydroxylation sites is 2. The van der Waals surface area contributed by atoms with Gasteiger partial charge in [-0.3, -0.25) is 4.79 Å². The zero-order valence-electron chi connectivity index (χ0n) is 9.37. The first-order valence-electron chi connectivity index (χ1n) is 5.27. The van der Waals surface area contributed by atoms with E-state index in [0.29, 0.717) is 12.0 Å². The van der Waals surface area contributed by atoms with Crippen LogP contribution in [0.2, 0.25) is 0 Å². The van der Waals surface area contributed by atoms with Crippen LogP contribution in [0.4, 0.5) is 0 Å². The van der Waals surface area contributed by atoms with E-state index in [-0.39, 0.29) is 16.9 Å².